The number of alkyl halides is 1. The Morgan fingerprint density at radius 2 is 1.79 bits per heavy atom. The van der Waals surface area contributed by atoms with Crippen LogP contribution in [0.3, 0.4) is 0 Å². The zero-order valence-corrected chi connectivity index (χ0v) is 9.84. The van der Waals surface area contributed by atoms with Gasteiger partial charge in [-0.15, -0.1) is 11.6 Å². The molecule has 0 aromatic rings. The third kappa shape index (κ3) is 1.33. The van der Waals surface area contributed by atoms with E-state index in [1.54, 1.807) is 12.8 Å². The zero-order chi connectivity index (χ0) is 9.71. The largest absolute Gasteiger partial charge is 0.123 e. The molecule has 0 heterocycles. The van der Waals surface area contributed by atoms with Crippen molar-refractivity contribution in [1.29, 1.82) is 0 Å². The highest BCUT2D eigenvalue weighted by atomic mass is 35.5. The van der Waals surface area contributed by atoms with Crippen molar-refractivity contribution in [1.82, 2.24) is 0 Å². The van der Waals surface area contributed by atoms with Gasteiger partial charge in [0.2, 0.25) is 0 Å². The Hall–Kier alpha value is 0.290. The molecule has 3 aliphatic rings. The SMILES string of the molecule is CC1C(Cl)CCC1C1CC2CCC1C2. The summed E-state index contributed by atoms with van der Waals surface area (Å²) in [6.45, 7) is 2.39. The Morgan fingerprint density at radius 3 is 2.29 bits per heavy atom. The van der Waals surface area contributed by atoms with Crippen LogP contribution in [0.15, 0.2) is 0 Å². The lowest BCUT2D eigenvalue weighted by Gasteiger charge is -2.31. The van der Waals surface area contributed by atoms with Gasteiger partial charge in [0.05, 0.1) is 0 Å². The smallest absolute Gasteiger partial charge is 0.0364 e. The molecular formula is C13H21Cl. The molecule has 0 amide bonds. The average molecular weight is 213 g/mol. The molecule has 0 radical (unpaired) electrons. The van der Waals surface area contributed by atoms with Crippen molar-refractivity contribution in [2.24, 2.45) is 29.6 Å². The predicted octanol–water partition coefficient (Wildman–Crippen LogP) is 4.08. The number of hydrogen-bond acceptors (Lipinski definition) is 0. The quantitative estimate of drug-likeness (QED) is 0.575. The van der Waals surface area contributed by atoms with Gasteiger partial charge < -0.3 is 0 Å². The fraction of sp³-hybridized carbons (Fsp3) is 1.00. The molecule has 3 saturated carbocycles. The predicted molar refractivity (Wildman–Crippen MR) is 60.5 cm³/mol. The molecular weight excluding hydrogens is 192 g/mol. The molecule has 0 aromatic heterocycles. The molecule has 6 unspecified atom stereocenters. The first-order chi connectivity index (χ1) is 6.75. The maximum atomic E-state index is 6.34. The minimum atomic E-state index is 0.485. The van der Waals surface area contributed by atoms with Crippen molar-refractivity contribution in [3.63, 3.8) is 0 Å². The summed E-state index contributed by atoms with van der Waals surface area (Å²) in [5.74, 6) is 5.03. The average Bonchev–Trinajstić information content (AvgIpc) is 2.84. The van der Waals surface area contributed by atoms with Gasteiger partial charge in [0, 0.05) is 5.38 Å². The third-order valence-electron chi connectivity index (χ3n) is 5.36. The van der Waals surface area contributed by atoms with Crippen LogP contribution in [0, 0.1) is 29.6 Å². The Bertz CT molecular complexity index is 223. The Kier molecular flexibility index (Phi) is 2.31. The molecule has 0 aliphatic heterocycles. The Balaban J connectivity index is 1.71. The van der Waals surface area contributed by atoms with E-state index in [0.717, 1.165) is 29.6 Å². The molecule has 0 spiro atoms. The van der Waals surface area contributed by atoms with Crippen molar-refractivity contribution in [3.05, 3.63) is 0 Å². The van der Waals surface area contributed by atoms with E-state index < -0.39 is 0 Å². The second kappa shape index (κ2) is 3.40. The molecule has 0 saturated heterocycles. The van der Waals surface area contributed by atoms with Gasteiger partial charge in [-0.05, 0) is 61.7 Å². The lowest BCUT2D eigenvalue weighted by Crippen LogP contribution is -2.24. The van der Waals surface area contributed by atoms with Crippen molar-refractivity contribution in [3.8, 4) is 0 Å². The van der Waals surface area contributed by atoms with Crippen LogP contribution in [-0.4, -0.2) is 5.38 Å². The van der Waals surface area contributed by atoms with Crippen LogP contribution >= 0.6 is 11.6 Å². The van der Waals surface area contributed by atoms with Crippen LogP contribution in [0.4, 0.5) is 0 Å². The summed E-state index contributed by atoms with van der Waals surface area (Å²) in [6.07, 6.45) is 8.87. The summed E-state index contributed by atoms with van der Waals surface area (Å²) in [6, 6.07) is 0. The minimum absolute atomic E-state index is 0.485. The molecule has 2 bridgehead atoms. The van der Waals surface area contributed by atoms with Gasteiger partial charge >= 0.3 is 0 Å². The first kappa shape index (κ1) is 9.51. The Morgan fingerprint density at radius 1 is 0.929 bits per heavy atom. The number of hydrogen-bond donors (Lipinski definition) is 0. The zero-order valence-electron chi connectivity index (χ0n) is 9.08. The van der Waals surface area contributed by atoms with Gasteiger partial charge in [-0.1, -0.05) is 13.3 Å². The minimum Gasteiger partial charge on any atom is -0.123 e. The Labute approximate surface area is 92.4 Å². The van der Waals surface area contributed by atoms with Crippen molar-refractivity contribution in [2.45, 2.75) is 50.8 Å². The van der Waals surface area contributed by atoms with Gasteiger partial charge in [0.25, 0.3) is 0 Å². The normalized spacial score (nSPS) is 57.0. The van der Waals surface area contributed by atoms with E-state index in [9.17, 15) is 0 Å². The topological polar surface area (TPSA) is 0 Å². The van der Waals surface area contributed by atoms with E-state index in [2.05, 4.69) is 6.92 Å². The second-order valence-electron chi connectivity index (χ2n) is 5.96. The summed E-state index contributed by atoms with van der Waals surface area (Å²) < 4.78 is 0. The van der Waals surface area contributed by atoms with Crippen molar-refractivity contribution < 1.29 is 0 Å². The molecule has 6 atom stereocenters. The van der Waals surface area contributed by atoms with Crippen LogP contribution in [0.5, 0.6) is 0 Å². The van der Waals surface area contributed by atoms with E-state index in [1.807, 2.05) is 0 Å². The third-order valence-corrected chi connectivity index (χ3v) is 5.98. The van der Waals surface area contributed by atoms with E-state index >= 15 is 0 Å². The molecule has 0 aromatic carbocycles. The highest BCUT2D eigenvalue weighted by Crippen LogP contribution is 2.55. The molecule has 0 nitrogen and oxygen atoms in total. The molecule has 3 fully saturated rings. The van der Waals surface area contributed by atoms with Crippen LogP contribution in [0.25, 0.3) is 0 Å². The van der Waals surface area contributed by atoms with E-state index in [0.29, 0.717) is 5.38 Å². The van der Waals surface area contributed by atoms with Gasteiger partial charge in [-0.2, -0.15) is 0 Å². The van der Waals surface area contributed by atoms with E-state index in [1.165, 1.54) is 25.7 Å². The lowest BCUT2D eigenvalue weighted by atomic mass is 9.75. The fourth-order valence-corrected chi connectivity index (χ4v) is 4.88. The molecule has 3 rings (SSSR count). The van der Waals surface area contributed by atoms with Crippen LogP contribution < -0.4 is 0 Å². The first-order valence-electron chi connectivity index (χ1n) is 6.39. The van der Waals surface area contributed by atoms with Gasteiger partial charge in [-0.25, -0.2) is 0 Å². The summed E-state index contributed by atoms with van der Waals surface area (Å²) in [5, 5.41) is 0.485. The highest BCUT2D eigenvalue weighted by Gasteiger charge is 2.46. The highest BCUT2D eigenvalue weighted by molar-refractivity contribution is 6.20. The van der Waals surface area contributed by atoms with Gasteiger partial charge in [0.1, 0.15) is 0 Å². The molecule has 0 N–H and O–H groups in total. The number of halogens is 1. The van der Waals surface area contributed by atoms with E-state index in [-0.39, 0.29) is 0 Å². The van der Waals surface area contributed by atoms with E-state index in [4.69, 9.17) is 11.6 Å². The maximum absolute atomic E-state index is 6.34. The summed E-state index contributed by atoms with van der Waals surface area (Å²) in [4.78, 5) is 0. The first-order valence-corrected chi connectivity index (χ1v) is 6.83. The summed E-state index contributed by atoms with van der Waals surface area (Å²) in [5.41, 5.74) is 0. The molecule has 3 aliphatic carbocycles. The van der Waals surface area contributed by atoms with Crippen molar-refractivity contribution >= 4 is 11.6 Å². The number of rotatable bonds is 1. The monoisotopic (exact) mass is 212 g/mol. The molecule has 14 heavy (non-hydrogen) atoms. The lowest BCUT2D eigenvalue weighted by molar-refractivity contribution is 0.193. The standard InChI is InChI=1S/C13H21Cl/c1-8-11(4-5-13(8)14)12-7-9-2-3-10(12)6-9/h8-13H,2-7H2,1H3. The number of fused-ring (bicyclic) bond motifs is 2. The summed E-state index contributed by atoms with van der Waals surface area (Å²) in [7, 11) is 0. The van der Waals surface area contributed by atoms with Crippen molar-refractivity contribution in [2.75, 3.05) is 0 Å². The molecule has 80 valence electrons. The van der Waals surface area contributed by atoms with Gasteiger partial charge in [0.15, 0.2) is 0 Å². The fourth-order valence-electron chi connectivity index (χ4n) is 4.57. The maximum Gasteiger partial charge on any atom is 0.0364 e. The van der Waals surface area contributed by atoms with Crippen LogP contribution in [-0.2, 0) is 0 Å². The van der Waals surface area contributed by atoms with Crippen LogP contribution in [0.1, 0.15) is 45.4 Å². The second-order valence-corrected chi connectivity index (χ2v) is 6.52. The molecule has 1 heteroatoms. The van der Waals surface area contributed by atoms with Gasteiger partial charge in [-0.3, -0.25) is 0 Å². The van der Waals surface area contributed by atoms with Crippen LogP contribution in [0.2, 0.25) is 0 Å². The summed E-state index contributed by atoms with van der Waals surface area (Å²) >= 11 is 6.34.